The summed E-state index contributed by atoms with van der Waals surface area (Å²) in [5.41, 5.74) is 0.727. The van der Waals surface area contributed by atoms with E-state index in [0.29, 0.717) is 0 Å². The molecule has 1 aliphatic heterocycles. The van der Waals surface area contributed by atoms with Crippen LogP contribution in [0.2, 0.25) is 0 Å². The Kier molecular flexibility index (Phi) is 4.48. The summed E-state index contributed by atoms with van der Waals surface area (Å²) in [6.07, 6.45) is 8.55. The third-order valence-corrected chi connectivity index (χ3v) is 5.78. The number of hydrogen-bond donors (Lipinski definition) is 0. The second-order valence-corrected chi connectivity index (χ2v) is 7.60. The van der Waals surface area contributed by atoms with E-state index >= 15 is 0 Å². The fraction of sp³-hybridized carbons (Fsp3) is 0.600. The molecule has 0 N–H and O–H groups in total. The second kappa shape index (κ2) is 6.77. The van der Waals surface area contributed by atoms with E-state index in [4.69, 9.17) is 0 Å². The van der Waals surface area contributed by atoms with Crippen LogP contribution in [0.3, 0.4) is 0 Å². The van der Waals surface area contributed by atoms with Gasteiger partial charge in [-0.3, -0.25) is 9.59 Å². The van der Waals surface area contributed by atoms with Crippen molar-refractivity contribution >= 4 is 11.8 Å². The van der Waals surface area contributed by atoms with Crippen molar-refractivity contribution < 1.29 is 14.0 Å². The molecular weight excluding hydrogens is 319 g/mol. The number of halogens is 1. The minimum atomic E-state index is -0.586. The summed E-state index contributed by atoms with van der Waals surface area (Å²) in [7, 11) is 0. The Morgan fingerprint density at radius 1 is 0.840 bits per heavy atom. The Morgan fingerprint density at radius 3 is 2.08 bits per heavy atom. The number of nitrogens with zero attached hydrogens (tertiary/aromatic N) is 2. The average molecular weight is 344 g/mol. The molecule has 3 aliphatic rings. The summed E-state index contributed by atoms with van der Waals surface area (Å²) >= 11 is 0. The van der Waals surface area contributed by atoms with Crippen LogP contribution in [0.5, 0.6) is 0 Å². The molecule has 3 fully saturated rings. The molecule has 1 aromatic carbocycles. The van der Waals surface area contributed by atoms with Crippen molar-refractivity contribution in [3.05, 3.63) is 35.6 Å². The first-order valence-corrected chi connectivity index (χ1v) is 9.52. The van der Waals surface area contributed by atoms with Crippen LogP contribution in [-0.4, -0.2) is 40.2 Å². The number of piperazine rings is 1. The van der Waals surface area contributed by atoms with Gasteiger partial charge in [-0.15, -0.1) is 0 Å². The van der Waals surface area contributed by atoms with Gasteiger partial charge < -0.3 is 9.80 Å². The van der Waals surface area contributed by atoms with Crippen LogP contribution < -0.4 is 0 Å². The summed E-state index contributed by atoms with van der Waals surface area (Å²) < 4.78 is 13.3. The van der Waals surface area contributed by atoms with Gasteiger partial charge in [0, 0.05) is 12.1 Å². The maximum Gasteiger partial charge on any atom is 0.250 e. The van der Waals surface area contributed by atoms with Crippen LogP contribution in [0.25, 0.3) is 0 Å². The maximum atomic E-state index is 13.3. The summed E-state index contributed by atoms with van der Waals surface area (Å²) in [5.74, 6) is -0.261. The number of benzene rings is 1. The molecule has 0 radical (unpaired) electrons. The highest BCUT2D eigenvalue weighted by Crippen LogP contribution is 2.39. The second-order valence-electron chi connectivity index (χ2n) is 7.60. The number of amides is 2. The number of rotatable bonds is 3. The molecule has 0 aromatic heterocycles. The minimum absolute atomic E-state index is 0.0185. The molecule has 1 atom stereocenters. The zero-order valence-corrected chi connectivity index (χ0v) is 14.5. The summed E-state index contributed by atoms with van der Waals surface area (Å²) in [5, 5.41) is 0. The highest BCUT2D eigenvalue weighted by atomic mass is 19.1. The molecule has 2 amide bonds. The number of carbonyl (C=O) groups is 2. The van der Waals surface area contributed by atoms with E-state index in [2.05, 4.69) is 0 Å². The van der Waals surface area contributed by atoms with Gasteiger partial charge in [0.15, 0.2) is 0 Å². The summed E-state index contributed by atoms with van der Waals surface area (Å²) in [6.45, 7) is 0.206. The third-order valence-electron chi connectivity index (χ3n) is 5.78. The van der Waals surface area contributed by atoms with Crippen LogP contribution in [-0.2, 0) is 9.59 Å². The standard InChI is InChI=1S/C20H25FN2O2/c21-15-9-7-14(8-10-15)19-20(25)22(16-5-3-1-2-4-6-16)13-18(24)23(19)17-11-12-17/h7-10,16-17,19H,1-6,11-13H2. The predicted molar refractivity (Wildman–Crippen MR) is 92.2 cm³/mol. The van der Waals surface area contributed by atoms with Crippen molar-refractivity contribution in [3.8, 4) is 0 Å². The molecule has 2 saturated carbocycles. The lowest BCUT2D eigenvalue weighted by atomic mass is 9.97. The van der Waals surface area contributed by atoms with Crippen molar-refractivity contribution in [1.29, 1.82) is 0 Å². The van der Waals surface area contributed by atoms with Crippen LogP contribution in [0.1, 0.15) is 63.0 Å². The molecule has 134 valence electrons. The Hall–Kier alpha value is -1.91. The van der Waals surface area contributed by atoms with Crippen molar-refractivity contribution in [3.63, 3.8) is 0 Å². The monoisotopic (exact) mass is 344 g/mol. The van der Waals surface area contributed by atoms with Crippen LogP contribution in [0.4, 0.5) is 4.39 Å². The fourth-order valence-electron chi connectivity index (χ4n) is 4.32. The van der Waals surface area contributed by atoms with Crippen LogP contribution in [0, 0.1) is 5.82 Å². The van der Waals surface area contributed by atoms with Crippen LogP contribution in [0.15, 0.2) is 24.3 Å². The van der Waals surface area contributed by atoms with Gasteiger partial charge >= 0.3 is 0 Å². The Bertz CT molecular complexity index is 648. The lowest BCUT2D eigenvalue weighted by Gasteiger charge is -2.43. The molecule has 1 aromatic rings. The van der Waals surface area contributed by atoms with Gasteiger partial charge in [0.2, 0.25) is 5.91 Å². The first-order chi connectivity index (χ1) is 12.1. The largest absolute Gasteiger partial charge is 0.328 e. The summed E-state index contributed by atoms with van der Waals surface area (Å²) in [4.78, 5) is 29.8. The van der Waals surface area contributed by atoms with E-state index in [1.807, 2.05) is 4.90 Å². The number of carbonyl (C=O) groups excluding carboxylic acids is 2. The third kappa shape index (κ3) is 3.29. The molecule has 1 unspecified atom stereocenters. The molecule has 0 spiro atoms. The fourth-order valence-corrected chi connectivity index (χ4v) is 4.32. The van der Waals surface area contributed by atoms with E-state index in [0.717, 1.165) is 44.1 Å². The highest BCUT2D eigenvalue weighted by molar-refractivity contribution is 5.96. The molecule has 5 heteroatoms. The van der Waals surface area contributed by atoms with Gasteiger partial charge in [-0.2, -0.15) is 0 Å². The Balaban J connectivity index is 1.65. The molecule has 25 heavy (non-hydrogen) atoms. The van der Waals surface area contributed by atoms with Gasteiger partial charge in [-0.1, -0.05) is 37.8 Å². The molecular formula is C20H25FN2O2. The van der Waals surface area contributed by atoms with E-state index in [-0.39, 0.29) is 36.3 Å². The lowest BCUT2D eigenvalue weighted by molar-refractivity contribution is -0.159. The zero-order valence-electron chi connectivity index (χ0n) is 14.5. The SMILES string of the molecule is O=C1C(c2ccc(F)cc2)N(C2CC2)C(=O)CN1C1CCCCCC1. The first kappa shape index (κ1) is 16.6. The molecule has 4 rings (SSSR count). The topological polar surface area (TPSA) is 40.6 Å². The predicted octanol–water partition coefficient (Wildman–Crippen LogP) is 3.42. The molecule has 0 bridgehead atoms. The zero-order chi connectivity index (χ0) is 17.4. The Labute approximate surface area is 148 Å². The van der Waals surface area contributed by atoms with Gasteiger partial charge in [-0.05, 0) is 43.4 Å². The van der Waals surface area contributed by atoms with Gasteiger partial charge in [0.25, 0.3) is 5.91 Å². The quantitative estimate of drug-likeness (QED) is 0.788. The maximum absolute atomic E-state index is 13.3. The molecule has 2 aliphatic carbocycles. The van der Waals surface area contributed by atoms with Crippen molar-refractivity contribution in [1.82, 2.24) is 9.80 Å². The first-order valence-electron chi connectivity index (χ1n) is 9.52. The average Bonchev–Trinajstić information content (AvgIpc) is 3.44. The van der Waals surface area contributed by atoms with E-state index in [1.165, 1.54) is 25.0 Å². The van der Waals surface area contributed by atoms with Crippen LogP contribution >= 0.6 is 0 Å². The minimum Gasteiger partial charge on any atom is -0.328 e. The molecule has 1 saturated heterocycles. The normalized spacial score (nSPS) is 26.0. The number of hydrogen-bond acceptors (Lipinski definition) is 2. The smallest absolute Gasteiger partial charge is 0.250 e. The van der Waals surface area contributed by atoms with E-state index < -0.39 is 6.04 Å². The van der Waals surface area contributed by atoms with E-state index in [9.17, 15) is 14.0 Å². The Morgan fingerprint density at radius 2 is 1.48 bits per heavy atom. The van der Waals surface area contributed by atoms with Gasteiger partial charge in [-0.25, -0.2) is 4.39 Å². The molecule has 1 heterocycles. The lowest BCUT2D eigenvalue weighted by Crippen LogP contribution is -2.58. The molecule has 4 nitrogen and oxygen atoms in total. The van der Waals surface area contributed by atoms with Gasteiger partial charge in [0.1, 0.15) is 18.4 Å². The van der Waals surface area contributed by atoms with Crippen molar-refractivity contribution in [2.75, 3.05) is 6.54 Å². The van der Waals surface area contributed by atoms with Crippen molar-refractivity contribution in [2.24, 2.45) is 0 Å². The highest BCUT2D eigenvalue weighted by Gasteiger charge is 2.48. The summed E-state index contributed by atoms with van der Waals surface area (Å²) in [6, 6.07) is 5.81. The van der Waals surface area contributed by atoms with E-state index in [1.54, 1.807) is 17.0 Å². The van der Waals surface area contributed by atoms with Gasteiger partial charge in [0.05, 0.1) is 0 Å². The van der Waals surface area contributed by atoms with Crippen molar-refractivity contribution in [2.45, 2.75) is 69.5 Å².